The summed E-state index contributed by atoms with van der Waals surface area (Å²) in [7, 11) is 0. The van der Waals surface area contributed by atoms with Crippen molar-refractivity contribution in [3.05, 3.63) is 81.5 Å². The van der Waals surface area contributed by atoms with E-state index in [0.717, 1.165) is 21.3 Å². The van der Waals surface area contributed by atoms with Crippen LogP contribution in [-0.2, 0) is 0 Å². The zero-order valence-electron chi connectivity index (χ0n) is 14.1. The van der Waals surface area contributed by atoms with Gasteiger partial charge in [0.25, 0.3) is 0 Å². The van der Waals surface area contributed by atoms with Crippen LogP contribution >= 0.6 is 28.1 Å². The normalized spacial score (nSPS) is 17.5. The van der Waals surface area contributed by atoms with Gasteiger partial charge in [0, 0.05) is 27.9 Å². The predicted molar refractivity (Wildman–Crippen MR) is 108 cm³/mol. The van der Waals surface area contributed by atoms with Gasteiger partial charge in [0.1, 0.15) is 0 Å². The van der Waals surface area contributed by atoms with Crippen LogP contribution in [0.4, 0.5) is 0 Å². The molecule has 1 N–H and O–H groups in total. The smallest absolute Gasteiger partial charge is 0.193 e. The van der Waals surface area contributed by atoms with Gasteiger partial charge in [-0.15, -0.1) is 0 Å². The molecule has 2 aromatic rings. The Kier molecular flexibility index (Phi) is 5.35. The van der Waals surface area contributed by atoms with Crippen LogP contribution in [0.15, 0.2) is 70.3 Å². The van der Waals surface area contributed by atoms with Gasteiger partial charge in [0.15, 0.2) is 10.9 Å². The Morgan fingerprint density at radius 3 is 2.44 bits per heavy atom. The fourth-order valence-electron chi connectivity index (χ4n) is 3.14. The van der Waals surface area contributed by atoms with Crippen molar-refractivity contribution in [1.29, 1.82) is 0 Å². The lowest BCUT2D eigenvalue weighted by Gasteiger charge is -2.37. The Balaban J connectivity index is 2.16. The third-order valence-corrected chi connectivity index (χ3v) is 5.47. The first-order valence-corrected chi connectivity index (χ1v) is 9.37. The number of carbonyl (C=O) groups is 1. The van der Waals surface area contributed by atoms with E-state index >= 15 is 0 Å². The highest BCUT2D eigenvalue weighted by Gasteiger charge is 2.34. The molecule has 1 atom stereocenters. The monoisotopic (exact) mass is 414 g/mol. The van der Waals surface area contributed by atoms with Gasteiger partial charge in [0.05, 0.1) is 6.04 Å². The number of thiocarbonyl (C=S) groups is 1. The second-order valence-corrected chi connectivity index (χ2v) is 7.08. The summed E-state index contributed by atoms with van der Waals surface area (Å²) in [4.78, 5) is 15.3. The molecule has 2 aromatic carbocycles. The summed E-state index contributed by atoms with van der Waals surface area (Å²) in [5.74, 6) is 0.0207. The second kappa shape index (κ2) is 7.50. The van der Waals surface area contributed by atoms with E-state index in [-0.39, 0.29) is 11.8 Å². The topological polar surface area (TPSA) is 32.3 Å². The molecule has 3 nitrogen and oxygen atoms in total. The van der Waals surface area contributed by atoms with E-state index in [2.05, 4.69) is 21.2 Å². The second-order valence-electron chi connectivity index (χ2n) is 5.84. The number of Topliss-reactive ketones (excluding diaryl/α,β-unsaturated/α-hetero) is 1. The van der Waals surface area contributed by atoms with E-state index < -0.39 is 0 Å². The number of allylic oxidation sites excluding steroid dienone is 1. The molecular formula is C20H19BrN2OS. The van der Waals surface area contributed by atoms with Crippen LogP contribution in [0.2, 0.25) is 0 Å². The highest BCUT2D eigenvalue weighted by Crippen LogP contribution is 2.35. The number of ketones is 1. The molecule has 0 aromatic heterocycles. The van der Waals surface area contributed by atoms with Crippen molar-refractivity contribution in [2.24, 2.45) is 0 Å². The van der Waals surface area contributed by atoms with Crippen LogP contribution in [0.3, 0.4) is 0 Å². The molecule has 1 aliphatic rings. The molecule has 128 valence electrons. The molecule has 1 unspecified atom stereocenters. The maximum atomic E-state index is 13.3. The highest BCUT2D eigenvalue weighted by molar-refractivity contribution is 9.10. The van der Waals surface area contributed by atoms with E-state index in [1.807, 2.05) is 73.3 Å². The van der Waals surface area contributed by atoms with E-state index in [1.54, 1.807) is 0 Å². The summed E-state index contributed by atoms with van der Waals surface area (Å²) in [6, 6.07) is 17.0. The maximum absolute atomic E-state index is 13.3. The summed E-state index contributed by atoms with van der Waals surface area (Å²) < 4.78 is 0.950. The van der Waals surface area contributed by atoms with E-state index in [4.69, 9.17) is 12.2 Å². The first-order valence-electron chi connectivity index (χ1n) is 8.17. The Morgan fingerprint density at radius 1 is 1.16 bits per heavy atom. The largest absolute Gasteiger partial charge is 0.351 e. The van der Waals surface area contributed by atoms with Crippen molar-refractivity contribution in [2.75, 3.05) is 6.54 Å². The first-order chi connectivity index (χ1) is 12.0. The lowest BCUT2D eigenvalue weighted by molar-refractivity contribution is 0.102. The molecule has 0 fully saturated rings. The SMILES string of the molecule is CCN1C(=S)NC(c2ccccc2Br)C(C(=O)c2ccccc2)=C1C. The van der Waals surface area contributed by atoms with Gasteiger partial charge in [-0.1, -0.05) is 64.5 Å². The molecule has 1 heterocycles. The van der Waals surface area contributed by atoms with Crippen molar-refractivity contribution in [3.8, 4) is 0 Å². The van der Waals surface area contributed by atoms with Crippen LogP contribution in [0.25, 0.3) is 0 Å². The number of benzene rings is 2. The Labute approximate surface area is 161 Å². The van der Waals surface area contributed by atoms with E-state index in [9.17, 15) is 4.79 Å². The average Bonchev–Trinajstić information content (AvgIpc) is 2.62. The van der Waals surface area contributed by atoms with E-state index in [1.165, 1.54) is 0 Å². The van der Waals surface area contributed by atoms with Crippen molar-refractivity contribution in [3.63, 3.8) is 0 Å². The quantitative estimate of drug-likeness (QED) is 0.571. The Bertz CT molecular complexity index is 848. The molecule has 0 bridgehead atoms. The molecule has 0 amide bonds. The molecular weight excluding hydrogens is 396 g/mol. The van der Waals surface area contributed by atoms with Gasteiger partial charge in [-0.25, -0.2) is 0 Å². The molecule has 25 heavy (non-hydrogen) atoms. The molecule has 3 rings (SSSR count). The van der Waals surface area contributed by atoms with Crippen LogP contribution in [0, 0.1) is 0 Å². The van der Waals surface area contributed by atoms with Gasteiger partial charge in [0.2, 0.25) is 0 Å². The third kappa shape index (κ3) is 3.39. The fourth-order valence-corrected chi connectivity index (χ4v) is 4.04. The van der Waals surface area contributed by atoms with Crippen LogP contribution in [-0.4, -0.2) is 22.3 Å². The van der Waals surface area contributed by atoms with Gasteiger partial charge in [-0.2, -0.15) is 0 Å². The summed E-state index contributed by atoms with van der Waals surface area (Å²) in [6.07, 6.45) is 0. The fraction of sp³-hybridized carbons (Fsp3) is 0.200. The first kappa shape index (κ1) is 17.8. The average molecular weight is 415 g/mol. The van der Waals surface area contributed by atoms with E-state index in [0.29, 0.717) is 17.2 Å². The minimum absolute atomic E-state index is 0.0207. The Hall–Kier alpha value is -1.98. The molecule has 0 aliphatic carbocycles. The third-order valence-electron chi connectivity index (χ3n) is 4.41. The zero-order chi connectivity index (χ0) is 18.0. The van der Waals surface area contributed by atoms with Crippen LogP contribution < -0.4 is 5.32 Å². The van der Waals surface area contributed by atoms with Crippen molar-refractivity contribution >= 4 is 39.0 Å². The predicted octanol–water partition coefficient (Wildman–Crippen LogP) is 4.86. The highest BCUT2D eigenvalue weighted by atomic mass is 79.9. The molecule has 0 radical (unpaired) electrons. The molecule has 5 heteroatoms. The summed E-state index contributed by atoms with van der Waals surface area (Å²) in [5.41, 5.74) is 3.31. The Morgan fingerprint density at radius 2 is 1.80 bits per heavy atom. The van der Waals surface area contributed by atoms with Crippen molar-refractivity contribution in [2.45, 2.75) is 19.9 Å². The van der Waals surface area contributed by atoms with Gasteiger partial charge < -0.3 is 10.2 Å². The maximum Gasteiger partial charge on any atom is 0.193 e. The summed E-state index contributed by atoms with van der Waals surface area (Å²) in [6.45, 7) is 4.71. The molecule has 0 saturated carbocycles. The molecule has 0 saturated heterocycles. The lowest BCUT2D eigenvalue weighted by Crippen LogP contribution is -2.47. The minimum Gasteiger partial charge on any atom is -0.351 e. The standard InChI is InChI=1S/C20H19BrN2OS/c1-3-23-13(2)17(19(24)14-9-5-4-6-10-14)18(22-20(23)25)15-11-7-8-12-16(15)21/h4-12,18H,3H2,1-2H3,(H,22,25). The zero-order valence-corrected chi connectivity index (χ0v) is 16.5. The number of halogens is 1. The number of hydrogen-bond donors (Lipinski definition) is 1. The molecule has 0 spiro atoms. The van der Waals surface area contributed by atoms with Crippen LogP contribution in [0.5, 0.6) is 0 Å². The van der Waals surface area contributed by atoms with Gasteiger partial charge >= 0.3 is 0 Å². The number of carbonyl (C=O) groups excluding carboxylic acids is 1. The van der Waals surface area contributed by atoms with Gasteiger partial charge in [-0.05, 0) is 37.7 Å². The number of rotatable bonds is 4. The van der Waals surface area contributed by atoms with Crippen LogP contribution in [0.1, 0.15) is 35.8 Å². The summed E-state index contributed by atoms with van der Waals surface area (Å²) in [5, 5.41) is 4.00. The van der Waals surface area contributed by atoms with Crippen molar-refractivity contribution < 1.29 is 4.79 Å². The van der Waals surface area contributed by atoms with Crippen molar-refractivity contribution in [1.82, 2.24) is 10.2 Å². The van der Waals surface area contributed by atoms with Gasteiger partial charge in [-0.3, -0.25) is 4.79 Å². The molecule has 1 aliphatic heterocycles. The number of nitrogens with zero attached hydrogens (tertiary/aromatic N) is 1. The number of nitrogens with one attached hydrogen (secondary N) is 1. The lowest BCUT2D eigenvalue weighted by atomic mass is 9.89. The number of hydrogen-bond acceptors (Lipinski definition) is 2. The summed E-state index contributed by atoms with van der Waals surface area (Å²) >= 11 is 9.14. The minimum atomic E-state index is -0.279.